The van der Waals surface area contributed by atoms with E-state index in [1.54, 1.807) is 0 Å². The molecule has 0 aromatic rings. The molecule has 0 bridgehead atoms. The first-order chi connectivity index (χ1) is 7.07. The van der Waals surface area contributed by atoms with Crippen LogP contribution in [-0.2, 0) is 0 Å². The fourth-order valence-electron chi connectivity index (χ4n) is 3.30. The second-order valence-electron chi connectivity index (χ2n) is 5.83. The van der Waals surface area contributed by atoms with Crippen LogP contribution in [0.25, 0.3) is 0 Å². The van der Waals surface area contributed by atoms with Crippen molar-refractivity contribution >= 4 is 0 Å². The summed E-state index contributed by atoms with van der Waals surface area (Å²) in [6.45, 7) is 12.9. The second-order valence-corrected chi connectivity index (χ2v) is 5.83. The van der Waals surface area contributed by atoms with E-state index in [2.05, 4.69) is 39.9 Å². The van der Waals surface area contributed by atoms with Gasteiger partial charge in [0, 0.05) is 6.04 Å². The van der Waals surface area contributed by atoms with Gasteiger partial charge in [0.2, 0.25) is 0 Å². The van der Waals surface area contributed by atoms with Crippen molar-refractivity contribution in [3.63, 3.8) is 0 Å². The smallest absolute Gasteiger partial charge is 0.0128 e. The Morgan fingerprint density at radius 3 is 1.80 bits per heavy atom. The Hall–Kier alpha value is -0.0400. The Labute approximate surface area is 96.0 Å². The maximum atomic E-state index is 3.75. The molecule has 1 N–H and O–H groups in total. The van der Waals surface area contributed by atoms with Crippen molar-refractivity contribution < 1.29 is 0 Å². The Morgan fingerprint density at radius 1 is 1.00 bits per heavy atom. The van der Waals surface area contributed by atoms with Crippen molar-refractivity contribution in [2.24, 2.45) is 23.7 Å². The lowest BCUT2D eigenvalue weighted by molar-refractivity contribution is 0.115. The van der Waals surface area contributed by atoms with Crippen molar-refractivity contribution in [2.45, 2.75) is 59.9 Å². The summed E-state index contributed by atoms with van der Waals surface area (Å²) in [5.74, 6) is 3.45. The zero-order valence-corrected chi connectivity index (χ0v) is 11.2. The molecule has 1 nitrogen and oxygen atoms in total. The maximum absolute atomic E-state index is 3.75. The van der Waals surface area contributed by atoms with Gasteiger partial charge in [0.1, 0.15) is 0 Å². The molecule has 0 amide bonds. The highest BCUT2D eigenvalue weighted by Crippen LogP contribution is 2.37. The van der Waals surface area contributed by atoms with Gasteiger partial charge in [0.15, 0.2) is 0 Å². The summed E-state index contributed by atoms with van der Waals surface area (Å²) in [7, 11) is 0. The van der Waals surface area contributed by atoms with Crippen LogP contribution in [0.5, 0.6) is 0 Å². The molecule has 2 unspecified atom stereocenters. The van der Waals surface area contributed by atoms with Gasteiger partial charge in [0.05, 0.1) is 0 Å². The fourth-order valence-corrected chi connectivity index (χ4v) is 3.30. The van der Waals surface area contributed by atoms with Crippen LogP contribution in [-0.4, -0.2) is 12.6 Å². The van der Waals surface area contributed by atoms with Crippen molar-refractivity contribution in [1.82, 2.24) is 5.32 Å². The molecule has 0 saturated heterocycles. The van der Waals surface area contributed by atoms with Crippen LogP contribution in [0.1, 0.15) is 53.9 Å². The molecule has 1 heteroatoms. The minimum atomic E-state index is 0.767. The van der Waals surface area contributed by atoms with Crippen LogP contribution in [0.4, 0.5) is 0 Å². The summed E-state index contributed by atoms with van der Waals surface area (Å²) >= 11 is 0. The minimum Gasteiger partial charge on any atom is -0.314 e. The Balaban J connectivity index is 2.71. The summed E-state index contributed by atoms with van der Waals surface area (Å²) in [5.41, 5.74) is 0. The van der Waals surface area contributed by atoms with E-state index < -0.39 is 0 Å². The fraction of sp³-hybridized carbons (Fsp3) is 1.00. The monoisotopic (exact) mass is 211 g/mol. The van der Waals surface area contributed by atoms with Crippen molar-refractivity contribution in [3.8, 4) is 0 Å². The van der Waals surface area contributed by atoms with E-state index in [9.17, 15) is 0 Å². The first-order valence-corrected chi connectivity index (χ1v) is 6.81. The van der Waals surface area contributed by atoms with E-state index in [1.165, 1.54) is 19.3 Å². The van der Waals surface area contributed by atoms with Gasteiger partial charge in [-0.15, -0.1) is 0 Å². The number of nitrogens with one attached hydrogen (secondary N) is 1. The van der Waals surface area contributed by atoms with Gasteiger partial charge in [-0.05, 0) is 43.1 Å². The van der Waals surface area contributed by atoms with Gasteiger partial charge >= 0.3 is 0 Å². The molecule has 1 rings (SSSR count). The van der Waals surface area contributed by atoms with E-state index in [0.717, 1.165) is 36.3 Å². The number of hydrogen-bond acceptors (Lipinski definition) is 1. The summed E-state index contributed by atoms with van der Waals surface area (Å²) < 4.78 is 0. The van der Waals surface area contributed by atoms with Crippen molar-refractivity contribution in [1.29, 1.82) is 0 Å². The molecule has 0 aliphatic heterocycles. The zero-order chi connectivity index (χ0) is 11.4. The molecular formula is C14H29N. The summed E-state index contributed by atoms with van der Waals surface area (Å²) in [6, 6.07) is 0.767. The lowest BCUT2D eigenvalue weighted by Crippen LogP contribution is -2.48. The third-order valence-electron chi connectivity index (χ3n) is 4.15. The average molecular weight is 211 g/mol. The largest absolute Gasteiger partial charge is 0.314 e. The second kappa shape index (κ2) is 5.89. The average Bonchev–Trinajstić information content (AvgIpc) is 2.17. The molecule has 1 fully saturated rings. The number of hydrogen-bond donors (Lipinski definition) is 1. The molecule has 0 aromatic carbocycles. The molecule has 0 aromatic heterocycles. The van der Waals surface area contributed by atoms with Gasteiger partial charge in [-0.2, -0.15) is 0 Å². The van der Waals surface area contributed by atoms with Gasteiger partial charge in [0.25, 0.3) is 0 Å². The van der Waals surface area contributed by atoms with Gasteiger partial charge in [-0.3, -0.25) is 0 Å². The Morgan fingerprint density at radius 2 is 1.47 bits per heavy atom. The Kier molecular flexibility index (Phi) is 5.11. The van der Waals surface area contributed by atoms with Gasteiger partial charge in [-0.1, -0.05) is 41.0 Å². The highest BCUT2D eigenvalue weighted by Gasteiger charge is 2.35. The predicted octanol–water partition coefficient (Wildman–Crippen LogP) is 3.69. The van der Waals surface area contributed by atoms with E-state index in [1.807, 2.05) is 0 Å². The molecule has 1 aliphatic carbocycles. The first kappa shape index (κ1) is 13.0. The van der Waals surface area contributed by atoms with Crippen LogP contribution in [0.15, 0.2) is 0 Å². The lowest BCUT2D eigenvalue weighted by atomic mass is 9.68. The first-order valence-electron chi connectivity index (χ1n) is 6.81. The van der Waals surface area contributed by atoms with Gasteiger partial charge < -0.3 is 5.32 Å². The third kappa shape index (κ3) is 3.21. The molecule has 0 radical (unpaired) electrons. The highest BCUT2D eigenvalue weighted by atomic mass is 14.9. The van der Waals surface area contributed by atoms with Crippen LogP contribution in [0.2, 0.25) is 0 Å². The predicted molar refractivity (Wildman–Crippen MR) is 68.0 cm³/mol. The topological polar surface area (TPSA) is 12.0 Å². The molecule has 90 valence electrons. The lowest BCUT2D eigenvalue weighted by Gasteiger charge is -2.42. The van der Waals surface area contributed by atoms with Crippen molar-refractivity contribution in [3.05, 3.63) is 0 Å². The molecule has 2 atom stereocenters. The van der Waals surface area contributed by atoms with Crippen molar-refractivity contribution in [2.75, 3.05) is 6.54 Å². The Bertz CT molecular complexity index is 158. The normalized spacial score (nSPS) is 32.6. The summed E-state index contributed by atoms with van der Waals surface area (Å²) in [5, 5.41) is 3.75. The van der Waals surface area contributed by atoms with Crippen LogP contribution >= 0.6 is 0 Å². The minimum absolute atomic E-state index is 0.767. The van der Waals surface area contributed by atoms with E-state index in [-0.39, 0.29) is 0 Å². The third-order valence-corrected chi connectivity index (χ3v) is 4.15. The van der Waals surface area contributed by atoms with Crippen LogP contribution in [0.3, 0.4) is 0 Å². The zero-order valence-electron chi connectivity index (χ0n) is 11.2. The van der Waals surface area contributed by atoms with Gasteiger partial charge in [-0.25, -0.2) is 0 Å². The van der Waals surface area contributed by atoms with E-state index >= 15 is 0 Å². The number of rotatable bonds is 4. The molecule has 0 spiro atoms. The highest BCUT2D eigenvalue weighted by molar-refractivity contribution is 4.89. The van der Waals surface area contributed by atoms with Crippen LogP contribution < -0.4 is 5.32 Å². The molecule has 1 saturated carbocycles. The molecular weight excluding hydrogens is 182 g/mol. The molecule has 0 heterocycles. The SMILES string of the molecule is CCNC1C(C(C)C)CCCC1C(C)C. The maximum Gasteiger partial charge on any atom is 0.0128 e. The van der Waals surface area contributed by atoms with E-state index in [4.69, 9.17) is 0 Å². The summed E-state index contributed by atoms with van der Waals surface area (Å²) in [4.78, 5) is 0. The molecule has 15 heavy (non-hydrogen) atoms. The summed E-state index contributed by atoms with van der Waals surface area (Å²) in [6.07, 6.45) is 4.30. The van der Waals surface area contributed by atoms with Crippen LogP contribution in [0, 0.1) is 23.7 Å². The standard InChI is InChI=1S/C14H29N/c1-6-15-14-12(10(2)3)8-7-9-13(14)11(4)5/h10-15H,6-9H2,1-5H3. The van der Waals surface area contributed by atoms with E-state index in [0.29, 0.717) is 0 Å². The molecule has 1 aliphatic rings. The quantitative estimate of drug-likeness (QED) is 0.748.